The van der Waals surface area contributed by atoms with E-state index in [0.29, 0.717) is 17.1 Å². The van der Waals surface area contributed by atoms with Crippen LogP contribution in [0.2, 0.25) is 5.02 Å². The molecule has 1 rings (SSSR count). The Balaban J connectivity index is 2.94. The van der Waals surface area contributed by atoms with Crippen LogP contribution in [0, 0.1) is 0 Å². The summed E-state index contributed by atoms with van der Waals surface area (Å²) in [5.74, 6) is -0.237. The predicted octanol–water partition coefficient (Wildman–Crippen LogP) is 3.52. The summed E-state index contributed by atoms with van der Waals surface area (Å²) in [5, 5.41) is 2.38. The van der Waals surface area contributed by atoms with Crippen molar-refractivity contribution in [2.45, 2.75) is 12.3 Å². The third kappa shape index (κ3) is 3.37. The van der Waals surface area contributed by atoms with Crippen LogP contribution in [0.15, 0.2) is 22.7 Å². The van der Waals surface area contributed by atoms with E-state index in [1.54, 1.807) is 18.2 Å². The van der Waals surface area contributed by atoms with Crippen LogP contribution in [0.25, 0.3) is 0 Å². The fraction of sp³-hybridized carbons (Fsp3) is 0.300. The first-order valence-corrected chi connectivity index (χ1v) is 6.03. The number of alkyl halides is 1. The first-order chi connectivity index (χ1) is 7.06. The minimum absolute atomic E-state index is 0.237. The van der Waals surface area contributed by atoms with Crippen molar-refractivity contribution in [1.29, 1.82) is 0 Å². The predicted molar refractivity (Wildman–Crippen MR) is 66.4 cm³/mol. The molecule has 0 bridgehead atoms. The first-order valence-electron chi connectivity index (χ1n) is 4.43. The normalized spacial score (nSPS) is 12.3. The Kier molecular flexibility index (Phi) is 4.90. The molecule has 0 saturated heterocycles. The van der Waals surface area contributed by atoms with Gasteiger partial charge in [0.2, 0.25) is 5.91 Å². The quantitative estimate of drug-likeness (QED) is 0.850. The van der Waals surface area contributed by atoms with Gasteiger partial charge in [-0.3, -0.25) is 4.79 Å². The molecule has 0 aliphatic carbocycles. The minimum Gasteiger partial charge on any atom is -0.355 e. The number of halogens is 3. The van der Waals surface area contributed by atoms with Crippen LogP contribution in [0.5, 0.6) is 0 Å². The molecule has 5 heteroatoms. The van der Waals surface area contributed by atoms with Crippen LogP contribution in [-0.2, 0) is 4.79 Å². The lowest BCUT2D eigenvalue weighted by molar-refractivity contribution is -0.120. The molecule has 0 spiro atoms. The van der Waals surface area contributed by atoms with E-state index in [1.807, 2.05) is 6.92 Å². The Morgan fingerprint density at radius 1 is 1.60 bits per heavy atom. The average Bonchev–Trinajstić information content (AvgIpc) is 2.21. The number of amides is 1. The SMILES string of the molecule is CCNC(=O)C(Cl)c1cc(Br)ccc1Cl. The van der Waals surface area contributed by atoms with Crippen molar-refractivity contribution in [3.05, 3.63) is 33.3 Å². The van der Waals surface area contributed by atoms with Gasteiger partial charge in [0.15, 0.2) is 0 Å². The molecule has 0 aliphatic rings. The number of rotatable bonds is 3. The largest absolute Gasteiger partial charge is 0.355 e. The third-order valence-electron chi connectivity index (χ3n) is 1.81. The van der Waals surface area contributed by atoms with Gasteiger partial charge in [0.25, 0.3) is 0 Å². The molecule has 0 heterocycles. The molecular weight excluding hydrogens is 301 g/mol. The van der Waals surface area contributed by atoms with Crippen LogP contribution in [0.4, 0.5) is 0 Å². The van der Waals surface area contributed by atoms with Gasteiger partial charge in [-0.2, -0.15) is 0 Å². The maximum atomic E-state index is 11.5. The summed E-state index contributed by atoms with van der Waals surface area (Å²) in [4.78, 5) is 11.5. The van der Waals surface area contributed by atoms with E-state index in [0.717, 1.165) is 4.47 Å². The van der Waals surface area contributed by atoms with Crippen LogP contribution in [0.3, 0.4) is 0 Å². The Labute approximate surface area is 107 Å². The van der Waals surface area contributed by atoms with Crippen molar-refractivity contribution in [1.82, 2.24) is 5.32 Å². The summed E-state index contributed by atoms with van der Waals surface area (Å²) < 4.78 is 0.844. The molecule has 0 aliphatic heterocycles. The fourth-order valence-electron chi connectivity index (χ4n) is 1.11. The van der Waals surface area contributed by atoms with Gasteiger partial charge in [-0.05, 0) is 30.7 Å². The summed E-state index contributed by atoms with van der Waals surface area (Å²) >= 11 is 15.2. The minimum atomic E-state index is -0.755. The number of nitrogens with one attached hydrogen (secondary N) is 1. The van der Waals surface area contributed by atoms with Crippen molar-refractivity contribution >= 4 is 45.0 Å². The van der Waals surface area contributed by atoms with Crippen LogP contribution >= 0.6 is 39.1 Å². The summed E-state index contributed by atoms with van der Waals surface area (Å²) in [6.45, 7) is 2.39. The lowest BCUT2D eigenvalue weighted by Crippen LogP contribution is -2.26. The zero-order valence-corrected chi connectivity index (χ0v) is 11.2. The third-order valence-corrected chi connectivity index (χ3v) is 3.08. The highest BCUT2D eigenvalue weighted by molar-refractivity contribution is 9.10. The first kappa shape index (κ1) is 12.8. The van der Waals surface area contributed by atoms with Gasteiger partial charge in [0.05, 0.1) is 0 Å². The standard InChI is InChI=1S/C10H10BrCl2NO/c1-2-14-10(15)9(13)7-5-6(11)3-4-8(7)12/h3-5,9H,2H2,1H3,(H,14,15). The molecule has 1 amide bonds. The number of carbonyl (C=O) groups excluding carboxylic acids is 1. The van der Waals surface area contributed by atoms with Crippen molar-refractivity contribution in [2.75, 3.05) is 6.54 Å². The summed E-state index contributed by atoms with van der Waals surface area (Å²) in [6, 6.07) is 5.25. The number of likely N-dealkylation sites (N-methyl/N-ethyl adjacent to an activating group) is 1. The fourth-order valence-corrected chi connectivity index (χ4v) is 2.03. The van der Waals surface area contributed by atoms with Crippen LogP contribution in [0.1, 0.15) is 17.9 Å². The molecule has 1 unspecified atom stereocenters. The summed E-state index contributed by atoms with van der Waals surface area (Å²) in [6.07, 6.45) is 0. The van der Waals surface area contributed by atoms with Gasteiger partial charge in [0, 0.05) is 16.0 Å². The highest BCUT2D eigenvalue weighted by atomic mass is 79.9. The van der Waals surface area contributed by atoms with E-state index in [2.05, 4.69) is 21.2 Å². The van der Waals surface area contributed by atoms with Gasteiger partial charge in [-0.25, -0.2) is 0 Å². The van der Waals surface area contributed by atoms with Crippen molar-refractivity contribution in [2.24, 2.45) is 0 Å². The zero-order valence-electron chi connectivity index (χ0n) is 8.06. The molecule has 0 saturated carbocycles. The molecule has 2 nitrogen and oxygen atoms in total. The number of hydrogen-bond donors (Lipinski definition) is 1. The van der Waals surface area contributed by atoms with E-state index < -0.39 is 5.38 Å². The zero-order chi connectivity index (χ0) is 11.4. The maximum absolute atomic E-state index is 11.5. The van der Waals surface area contributed by atoms with E-state index in [-0.39, 0.29) is 5.91 Å². The van der Waals surface area contributed by atoms with Gasteiger partial charge in [0.1, 0.15) is 5.38 Å². The van der Waals surface area contributed by atoms with E-state index in [4.69, 9.17) is 23.2 Å². The molecule has 1 aromatic carbocycles. The maximum Gasteiger partial charge on any atom is 0.242 e. The lowest BCUT2D eigenvalue weighted by atomic mass is 10.1. The van der Waals surface area contributed by atoms with Gasteiger partial charge < -0.3 is 5.32 Å². The molecule has 82 valence electrons. The number of carbonyl (C=O) groups is 1. The van der Waals surface area contributed by atoms with E-state index >= 15 is 0 Å². The Morgan fingerprint density at radius 3 is 2.87 bits per heavy atom. The van der Waals surface area contributed by atoms with E-state index in [1.165, 1.54) is 0 Å². The second-order valence-electron chi connectivity index (χ2n) is 2.92. The molecular formula is C10H10BrCl2NO. The smallest absolute Gasteiger partial charge is 0.242 e. The van der Waals surface area contributed by atoms with Crippen molar-refractivity contribution < 1.29 is 4.79 Å². The second kappa shape index (κ2) is 5.73. The van der Waals surface area contributed by atoms with Crippen molar-refractivity contribution in [3.8, 4) is 0 Å². The monoisotopic (exact) mass is 309 g/mol. The van der Waals surface area contributed by atoms with Crippen molar-refractivity contribution in [3.63, 3.8) is 0 Å². The molecule has 1 atom stereocenters. The van der Waals surface area contributed by atoms with Crippen LogP contribution in [-0.4, -0.2) is 12.5 Å². The molecule has 0 fully saturated rings. The Hall–Kier alpha value is -0.250. The summed E-state index contributed by atoms with van der Waals surface area (Å²) in [5.41, 5.74) is 0.610. The number of hydrogen-bond acceptors (Lipinski definition) is 1. The summed E-state index contributed by atoms with van der Waals surface area (Å²) in [7, 11) is 0. The second-order valence-corrected chi connectivity index (χ2v) is 4.68. The number of benzene rings is 1. The lowest BCUT2D eigenvalue weighted by Gasteiger charge is -2.11. The van der Waals surface area contributed by atoms with Gasteiger partial charge in [-0.1, -0.05) is 27.5 Å². The topological polar surface area (TPSA) is 29.1 Å². The average molecular weight is 311 g/mol. The highest BCUT2D eigenvalue weighted by Gasteiger charge is 2.19. The molecule has 15 heavy (non-hydrogen) atoms. The highest BCUT2D eigenvalue weighted by Crippen LogP contribution is 2.30. The van der Waals surface area contributed by atoms with E-state index in [9.17, 15) is 4.79 Å². The Bertz CT molecular complexity index is 370. The Morgan fingerprint density at radius 2 is 2.27 bits per heavy atom. The van der Waals surface area contributed by atoms with Gasteiger partial charge >= 0.3 is 0 Å². The molecule has 1 aromatic rings. The molecule has 0 aromatic heterocycles. The molecule has 1 N–H and O–H groups in total. The van der Waals surface area contributed by atoms with Crippen LogP contribution < -0.4 is 5.32 Å². The van der Waals surface area contributed by atoms with Gasteiger partial charge in [-0.15, -0.1) is 11.6 Å². The molecule has 0 radical (unpaired) electrons.